The highest BCUT2D eigenvalue weighted by atomic mass is 16.1. The molecule has 1 fully saturated rings. The molecule has 1 atom stereocenters. The molecule has 0 aromatic rings. The number of rotatable bonds is 1. The molecule has 0 amide bonds. The van der Waals surface area contributed by atoms with Gasteiger partial charge in [-0.25, -0.2) is 0 Å². The van der Waals surface area contributed by atoms with Gasteiger partial charge in [-0.15, -0.1) is 0 Å². The highest BCUT2D eigenvalue weighted by Gasteiger charge is 2.10. The van der Waals surface area contributed by atoms with Crippen LogP contribution >= 0.6 is 0 Å². The molecular formula is C9H21NO. The van der Waals surface area contributed by atoms with Gasteiger partial charge in [0.25, 0.3) is 0 Å². The van der Waals surface area contributed by atoms with Crippen molar-refractivity contribution in [1.29, 1.82) is 0 Å². The van der Waals surface area contributed by atoms with Crippen LogP contribution < -0.4 is 5.32 Å². The lowest BCUT2D eigenvalue weighted by atomic mass is 10.2. The fraction of sp³-hybridized carbons (Fsp3) is 0.889. The first kappa shape index (κ1) is 13.2. The van der Waals surface area contributed by atoms with Gasteiger partial charge in [-0.1, -0.05) is 27.7 Å². The SMILES string of the molecule is CC.CC.O=CC1CCCN1. The van der Waals surface area contributed by atoms with Gasteiger partial charge in [0.15, 0.2) is 0 Å². The maximum absolute atomic E-state index is 9.94. The zero-order valence-corrected chi connectivity index (χ0v) is 8.18. The summed E-state index contributed by atoms with van der Waals surface area (Å²) in [7, 11) is 0. The van der Waals surface area contributed by atoms with Crippen molar-refractivity contribution in [1.82, 2.24) is 5.32 Å². The summed E-state index contributed by atoms with van der Waals surface area (Å²) < 4.78 is 0. The van der Waals surface area contributed by atoms with Gasteiger partial charge in [-0.3, -0.25) is 0 Å². The fourth-order valence-electron chi connectivity index (χ4n) is 0.828. The molecule has 1 heterocycles. The van der Waals surface area contributed by atoms with Crippen molar-refractivity contribution in [3.63, 3.8) is 0 Å². The molecule has 11 heavy (non-hydrogen) atoms. The third kappa shape index (κ3) is 7.53. The van der Waals surface area contributed by atoms with E-state index in [1.165, 1.54) is 0 Å². The third-order valence-electron chi connectivity index (χ3n) is 1.26. The van der Waals surface area contributed by atoms with Gasteiger partial charge in [-0.05, 0) is 19.4 Å². The van der Waals surface area contributed by atoms with Crippen molar-refractivity contribution in [2.24, 2.45) is 0 Å². The number of hydrogen-bond donors (Lipinski definition) is 1. The van der Waals surface area contributed by atoms with Crippen LogP contribution in [0.5, 0.6) is 0 Å². The van der Waals surface area contributed by atoms with Gasteiger partial charge in [0.05, 0.1) is 6.04 Å². The van der Waals surface area contributed by atoms with Gasteiger partial charge in [0.1, 0.15) is 6.29 Å². The summed E-state index contributed by atoms with van der Waals surface area (Å²) in [6.07, 6.45) is 3.17. The first-order chi connectivity index (χ1) is 5.43. The Morgan fingerprint density at radius 2 is 1.82 bits per heavy atom. The molecule has 0 aromatic carbocycles. The van der Waals surface area contributed by atoms with Crippen molar-refractivity contribution in [3.8, 4) is 0 Å². The lowest BCUT2D eigenvalue weighted by molar-refractivity contribution is -0.109. The van der Waals surface area contributed by atoms with Crippen molar-refractivity contribution in [3.05, 3.63) is 0 Å². The Morgan fingerprint density at radius 3 is 2.00 bits per heavy atom. The van der Waals surface area contributed by atoms with Gasteiger partial charge >= 0.3 is 0 Å². The monoisotopic (exact) mass is 159 g/mol. The molecule has 2 nitrogen and oxygen atoms in total. The van der Waals surface area contributed by atoms with E-state index in [2.05, 4.69) is 5.32 Å². The van der Waals surface area contributed by atoms with Crippen molar-refractivity contribution < 1.29 is 4.79 Å². The average Bonchev–Trinajstić information content (AvgIpc) is 2.63. The zero-order valence-electron chi connectivity index (χ0n) is 8.18. The second-order valence-corrected chi connectivity index (χ2v) is 1.84. The van der Waals surface area contributed by atoms with Crippen molar-refractivity contribution in [2.75, 3.05) is 6.54 Å². The first-order valence-corrected chi connectivity index (χ1v) is 4.62. The standard InChI is InChI=1S/C5H9NO.2C2H6/c7-4-5-2-1-3-6-5;2*1-2/h4-6H,1-3H2;2*1-2H3. The highest BCUT2D eigenvalue weighted by molar-refractivity contribution is 5.57. The molecule has 0 saturated carbocycles. The molecule has 68 valence electrons. The molecule has 0 bridgehead atoms. The number of nitrogens with one attached hydrogen (secondary N) is 1. The van der Waals surface area contributed by atoms with Crippen LogP contribution in [0.15, 0.2) is 0 Å². The highest BCUT2D eigenvalue weighted by Crippen LogP contribution is 2.00. The van der Waals surface area contributed by atoms with E-state index < -0.39 is 0 Å². The minimum atomic E-state index is 0.167. The number of carbonyl (C=O) groups excluding carboxylic acids is 1. The molecule has 1 aliphatic rings. The van der Waals surface area contributed by atoms with Crippen LogP contribution in [0.1, 0.15) is 40.5 Å². The van der Waals surface area contributed by atoms with Gasteiger partial charge in [0, 0.05) is 0 Å². The minimum Gasteiger partial charge on any atom is -0.308 e. The third-order valence-corrected chi connectivity index (χ3v) is 1.26. The Morgan fingerprint density at radius 1 is 1.27 bits per heavy atom. The maximum atomic E-state index is 9.94. The van der Waals surface area contributed by atoms with Crippen LogP contribution in [0.4, 0.5) is 0 Å². The van der Waals surface area contributed by atoms with Crippen LogP contribution in [0, 0.1) is 0 Å². The molecule has 0 aliphatic carbocycles. The van der Waals surface area contributed by atoms with E-state index in [1.54, 1.807) is 0 Å². The smallest absolute Gasteiger partial charge is 0.136 e. The van der Waals surface area contributed by atoms with Crippen LogP contribution in [-0.2, 0) is 4.79 Å². The van der Waals surface area contributed by atoms with E-state index in [9.17, 15) is 4.79 Å². The normalized spacial score (nSPS) is 20.5. The van der Waals surface area contributed by atoms with E-state index >= 15 is 0 Å². The summed E-state index contributed by atoms with van der Waals surface area (Å²) in [4.78, 5) is 9.94. The summed E-state index contributed by atoms with van der Waals surface area (Å²) in [6.45, 7) is 9.02. The zero-order chi connectivity index (χ0) is 9.11. The molecule has 1 unspecified atom stereocenters. The lowest BCUT2D eigenvalue weighted by Crippen LogP contribution is -2.21. The van der Waals surface area contributed by atoms with E-state index in [-0.39, 0.29) is 6.04 Å². The lowest BCUT2D eigenvalue weighted by Gasteiger charge is -1.93. The molecule has 0 spiro atoms. The maximum Gasteiger partial charge on any atom is 0.136 e. The predicted octanol–water partition coefficient (Wildman–Crippen LogP) is 1.99. The van der Waals surface area contributed by atoms with Crippen molar-refractivity contribution >= 4 is 6.29 Å². The molecule has 1 saturated heterocycles. The molecule has 2 heteroatoms. The summed E-state index contributed by atoms with van der Waals surface area (Å²) in [6, 6.07) is 0.167. The Kier molecular flexibility index (Phi) is 14.8. The van der Waals surface area contributed by atoms with Crippen LogP contribution in [-0.4, -0.2) is 18.9 Å². The van der Waals surface area contributed by atoms with E-state index in [0.29, 0.717) is 0 Å². The average molecular weight is 159 g/mol. The fourth-order valence-corrected chi connectivity index (χ4v) is 0.828. The summed E-state index contributed by atoms with van der Waals surface area (Å²) in [5, 5.41) is 3.04. The summed E-state index contributed by atoms with van der Waals surface area (Å²) in [5.74, 6) is 0. The van der Waals surface area contributed by atoms with Gasteiger partial charge in [-0.2, -0.15) is 0 Å². The largest absolute Gasteiger partial charge is 0.308 e. The topological polar surface area (TPSA) is 29.1 Å². The number of hydrogen-bond acceptors (Lipinski definition) is 2. The molecule has 1 aliphatic heterocycles. The van der Waals surface area contributed by atoms with Crippen molar-refractivity contribution in [2.45, 2.75) is 46.6 Å². The molecule has 1 N–H and O–H groups in total. The number of carbonyl (C=O) groups is 1. The van der Waals surface area contributed by atoms with Gasteiger partial charge < -0.3 is 10.1 Å². The minimum absolute atomic E-state index is 0.167. The van der Waals surface area contributed by atoms with Crippen LogP contribution in [0.3, 0.4) is 0 Å². The Balaban J connectivity index is 0. The van der Waals surface area contributed by atoms with Crippen LogP contribution in [0.25, 0.3) is 0 Å². The van der Waals surface area contributed by atoms with Crippen LogP contribution in [0.2, 0.25) is 0 Å². The molecule has 0 radical (unpaired) electrons. The Hall–Kier alpha value is -0.370. The van der Waals surface area contributed by atoms with E-state index in [4.69, 9.17) is 0 Å². The molecule has 0 aromatic heterocycles. The molecular weight excluding hydrogens is 138 g/mol. The number of aldehydes is 1. The Labute approximate surface area is 70.4 Å². The predicted molar refractivity (Wildman–Crippen MR) is 49.8 cm³/mol. The second kappa shape index (κ2) is 12.3. The van der Waals surface area contributed by atoms with E-state index in [0.717, 1.165) is 25.7 Å². The quantitative estimate of drug-likeness (QED) is 0.593. The summed E-state index contributed by atoms with van der Waals surface area (Å²) >= 11 is 0. The van der Waals surface area contributed by atoms with E-state index in [1.807, 2.05) is 27.7 Å². The first-order valence-electron chi connectivity index (χ1n) is 4.62. The second-order valence-electron chi connectivity index (χ2n) is 1.84. The Bertz CT molecular complexity index is 68.0. The molecule has 1 rings (SSSR count). The van der Waals surface area contributed by atoms with Gasteiger partial charge in [0.2, 0.25) is 0 Å². The summed E-state index contributed by atoms with van der Waals surface area (Å²) in [5.41, 5.74) is 0.